The molecule has 1 saturated heterocycles. The van der Waals surface area contributed by atoms with Crippen LogP contribution in [0.2, 0.25) is 0 Å². The van der Waals surface area contributed by atoms with Crippen LogP contribution in [0.15, 0.2) is 18.2 Å². The number of hydrogen-bond donors (Lipinski definition) is 1. The van der Waals surface area contributed by atoms with Gasteiger partial charge in [-0.05, 0) is 62.4 Å². The topological polar surface area (TPSA) is 21.3 Å². The molecule has 2 heterocycles. The van der Waals surface area contributed by atoms with E-state index in [9.17, 15) is 4.39 Å². The maximum Gasteiger partial charge on any atom is 0.122 e. The molecule has 0 aromatic heterocycles. The lowest BCUT2D eigenvalue weighted by Crippen LogP contribution is -2.25. The minimum absolute atomic E-state index is 0.647. The maximum atomic E-state index is 14.7. The molecular weight excluding hydrogens is 241 g/mol. The largest absolute Gasteiger partial charge is 0.493 e. The Morgan fingerprint density at radius 2 is 2.21 bits per heavy atom. The Labute approximate surface area is 114 Å². The van der Waals surface area contributed by atoms with E-state index in [1.54, 1.807) is 0 Å². The molecule has 2 aliphatic rings. The highest BCUT2D eigenvalue weighted by atomic mass is 19.1. The first-order valence-corrected chi connectivity index (χ1v) is 7.39. The van der Waals surface area contributed by atoms with Gasteiger partial charge in [0.15, 0.2) is 0 Å². The van der Waals surface area contributed by atoms with Gasteiger partial charge in [0.2, 0.25) is 0 Å². The third-order valence-corrected chi connectivity index (χ3v) is 4.34. The van der Waals surface area contributed by atoms with E-state index in [0.29, 0.717) is 19.3 Å². The van der Waals surface area contributed by atoms with Crippen LogP contribution in [0.4, 0.5) is 4.39 Å². The molecule has 1 aromatic rings. The molecule has 0 amide bonds. The van der Waals surface area contributed by atoms with Crippen molar-refractivity contribution in [2.75, 3.05) is 19.7 Å². The Balaban J connectivity index is 1.62. The first-order chi connectivity index (χ1) is 9.25. The van der Waals surface area contributed by atoms with E-state index in [2.05, 4.69) is 17.4 Å². The third-order valence-electron chi connectivity index (χ3n) is 4.34. The Bertz CT molecular complexity index is 438. The Morgan fingerprint density at radius 1 is 1.26 bits per heavy atom. The molecule has 1 fully saturated rings. The van der Waals surface area contributed by atoms with Crippen LogP contribution in [0.1, 0.15) is 36.8 Å². The Morgan fingerprint density at radius 3 is 3.16 bits per heavy atom. The number of fused-ring (bicyclic) bond motifs is 1. The highest BCUT2D eigenvalue weighted by Crippen LogP contribution is 2.31. The number of benzene rings is 1. The van der Waals surface area contributed by atoms with Crippen LogP contribution in [0.3, 0.4) is 0 Å². The maximum absolute atomic E-state index is 14.7. The van der Waals surface area contributed by atoms with Crippen LogP contribution < -0.4 is 10.1 Å². The van der Waals surface area contributed by atoms with Crippen molar-refractivity contribution >= 4 is 0 Å². The van der Waals surface area contributed by atoms with Crippen LogP contribution in [0.5, 0.6) is 5.75 Å². The van der Waals surface area contributed by atoms with Gasteiger partial charge in [0.1, 0.15) is 11.4 Å². The van der Waals surface area contributed by atoms with Crippen molar-refractivity contribution in [1.29, 1.82) is 0 Å². The van der Waals surface area contributed by atoms with Crippen molar-refractivity contribution in [2.24, 2.45) is 0 Å². The van der Waals surface area contributed by atoms with Crippen LogP contribution in [-0.2, 0) is 12.8 Å². The Hall–Kier alpha value is -1.09. The average Bonchev–Trinajstić information content (AvgIpc) is 2.78. The molecular formula is C16H22FNO. The number of aryl methyl sites for hydroxylation is 1. The second-order valence-electron chi connectivity index (χ2n) is 5.79. The van der Waals surface area contributed by atoms with E-state index in [1.165, 1.54) is 11.1 Å². The minimum atomic E-state index is -0.973. The smallest absolute Gasteiger partial charge is 0.122 e. The summed E-state index contributed by atoms with van der Waals surface area (Å²) in [5.74, 6) is 1.01. The molecule has 19 heavy (non-hydrogen) atoms. The van der Waals surface area contributed by atoms with Crippen molar-refractivity contribution in [3.8, 4) is 5.75 Å². The van der Waals surface area contributed by atoms with Gasteiger partial charge in [-0.15, -0.1) is 0 Å². The second-order valence-corrected chi connectivity index (χ2v) is 5.79. The normalized spacial score (nSPS) is 26.6. The molecule has 1 unspecified atom stereocenters. The fraction of sp³-hybridized carbons (Fsp3) is 0.625. The number of nitrogens with one attached hydrogen (secondary N) is 1. The molecule has 2 nitrogen and oxygen atoms in total. The van der Waals surface area contributed by atoms with Crippen molar-refractivity contribution in [3.05, 3.63) is 29.3 Å². The highest BCUT2D eigenvalue weighted by Gasteiger charge is 2.30. The van der Waals surface area contributed by atoms with Crippen LogP contribution in [0, 0.1) is 0 Å². The summed E-state index contributed by atoms with van der Waals surface area (Å²) in [5, 5.41) is 3.28. The standard InChI is InChI=1S/C16H22FNO/c17-16(6-1-9-18-10-8-16)7-4-13-2-3-15-14(12-13)5-11-19-15/h2-3,12,18H,1,4-11H2. The van der Waals surface area contributed by atoms with E-state index in [-0.39, 0.29) is 0 Å². The van der Waals surface area contributed by atoms with E-state index in [1.807, 2.05) is 6.07 Å². The summed E-state index contributed by atoms with van der Waals surface area (Å²) in [4.78, 5) is 0. The zero-order valence-electron chi connectivity index (χ0n) is 11.4. The first kappa shape index (κ1) is 12.9. The lowest BCUT2D eigenvalue weighted by Gasteiger charge is -2.23. The van der Waals surface area contributed by atoms with Crippen molar-refractivity contribution in [3.63, 3.8) is 0 Å². The third kappa shape index (κ3) is 3.08. The number of ether oxygens (including phenoxy) is 1. The molecule has 3 rings (SSSR count). The summed E-state index contributed by atoms with van der Waals surface area (Å²) in [6.45, 7) is 2.56. The summed E-state index contributed by atoms with van der Waals surface area (Å²) in [6, 6.07) is 6.32. The summed E-state index contributed by atoms with van der Waals surface area (Å²) < 4.78 is 20.2. The van der Waals surface area contributed by atoms with Crippen LogP contribution in [0.25, 0.3) is 0 Å². The van der Waals surface area contributed by atoms with Gasteiger partial charge < -0.3 is 10.1 Å². The van der Waals surface area contributed by atoms with Gasteiger partial charge in [-0.25, -0.2) is 4.39 Å². The molecule has 1 atom stereocenters. The zero-order chi connectivity index (χ0) is 13.1. The zero-order valence-corrected chi connectivity index (χ0v) is 11.4. The molecule has 0 saturated carbocycles. The summed E-state index contributed by atoms with van der Waals surface area (Å²) in [5.41, 5.74) is 1.56. The summed E-state index contributed by atoms with van der Waals surface area (Å²) in [7, 11) is 0. The number of halogens is 1. The van der Waals surface area contributed by atoms with Gasteiger partial charge in [-0.1, -0.05) is 12.1 Å². The molecule has 0 aliphatic carbocycles. The van der Waals surface area contributed by atoms with Gasteiger partial charge >= 0.3 is 0 Å². The molecule has 3 heteroatoms. The molecule has 1 aromatic carbocycles. The van der Waals surface area contributed by atoms with E-state index < -0.39 is 5.67 Å². The molecule has 2 aliphatic heterocycles. The predicted octanol–water partition coefficient (Wildman–Crippen LogP) is 3.04. The van der Waals surface area contributed by atoms with Crippen molar-refractivity contribution in [1.82, 2.24) is 5.32 Å². The van der Waals surface area contributed by atoms with E-state index >= 15 is 0 Å². The first-order valence-electron chi connectivity index (χ1n) is 7.39. The lowest BCUT2D eigenvalue weighted by molar-refractivity contribution is 0.132. The van der Waals surface area contributed by atoms with Gasteiger partial charge in [-0.3, -0.25) is 0 Å². The average molecular weight is 263 g/mol. The molecule has 0 spiro atoms. The van der Waals surface area contributed by atoms with Gasteiger partial charge in [0, 0.05) is 6.42 Å². The van der Waals surface area contributed by atoms with Crippen molar-refractivity contribution < 1.29 is 9.13 Å². The molecule has 0 radical (unpaired) electrons. The van der Waals surface area contributed by atoms with Gasteiger partial charge in [-0.2, -0.15) is 0 Å². The monoisotopic (exact) mass is 263 g/mol. The number of rotatable bonds is 3. The van der Waals surface area contributed by atoms with Crippen LogP contribution in [-0.4, -0.2) is 25.4 Å². The number of alkyl halides is 1. The molecule has 104 valence electrons. The predicted molar refractivity (Wildman–Crippen MR) is 74.5 cm³/mol. The second kappa shape index (κ2) is 5.49. The lowest BCUT2D eigenvalue weighted by atomic mass is 9.89. The fourth-order valence-corrected chi connectivity index (χ4v) is 3.11. The van der Waals surface area contributed by atoms with Crippen molar-refractivity contribution in [2.45, 2.75) is 44.2 Å². The van der Waals surface area contributed by atoms with Crippen LogP contribution >= 0.6 is 0 Å². The fourth-order valence-electron chi connectivity index (χ4n) is 3.11. The summed E-state index contributed by atoms with van der Waals surface area (Å²) in [6.07, 6.45) is 4.79. The van der Waals surface area contributed by atoms with Gasteiger partial charge in [0.05, 0.1) is 6.61 Å². The molecule has 0 bridgehead atoms. The summed E-state index contributed by atoms with van der Waals surface area (Å²) >= 11 is 0. The Kier molecular flexibility index (Phi) is 3.74. The molecule has 1 N–H and O–H groups in total. The quantitative estimate of drug-likeness (QED) is 0.905. The van der Waals surface area contributed by atoms with E-state index in [4.69, 9.17) is 4.74 Å². The van der Waals surface area contributed by atoms with Gasteiger partial charge in [0.25, 0.3) is 0 Å². The minimum Gasteiger partial charge on any atom is -0.493 e. The highest BCUT2D eigenvalue weighted by molar-refractivity contribution is 5.39. The number of hydrogen-bond acceptors (Lipinski definition) is 2. The van der Waals surface area contributed by atoms with E-state index in [0.717, 1.165) is 44.7 Å². The SMILES string of the molecule is FC1(CCc2ccc3c(c2)CCO3)CCCNCC1.